The topological polar surface area (TPSA) is 75.3 Å². The number of carbonyl (C=O) groups is 1. The first-order valence-electron chi connectivity index (χ1n) is 7.71. The van der Waals surface area contributed by atoms with Crippen LogP contribution in [0.5, 0.6) is 0 Å². The first kappa shape index (κ1) is 18.5. The Morgan fingerprint density at radius 2 is 2.00 bits per heavy atom. The second-order valence-electron chi connectivity index (χ2n) is 5.58. The standard InChI is InChI=1S/C16H26N2O3S/c1-4-6-8-13(5-2)12-17-16(19)14-9-7-10-15(11-14)18-22(3,20)21/h7,9-11,13,18H,4-6,8,12H2,1-3H3,(H,17,19). The van der Waals surface area contributed by atoms with Crippen LogP contribution in [0.3, 0.4) is 0 Å². The molecule has 1 amide bonds. The van der Waals surface area contributed by atoms with Crippen LogP contribution >= 0.6 is 0 Å². The van der Waals surface area contributed by atoms with Crippen molar-refractivity contribution in [3.63, 3.8) is 0 Å². The average Bonchev–Trinajstić information content (AvgIpc) is 2.45. The summed E-state index contributed by atoms with van der Waals surface area (Å²) in [5.74, 6) is 0.313. The molecule has 124 valence electrons. The van der Waals surface area contributed by atoms with E-state index in [-0.39, 0.29) is 5.91 Å². The van der Waals surface area contributed by atoms with Crippen molar-refractivity contribution >= 4 is 21.6 Å². The summed E-state index contributed by atoms with van der Waals surface area (Å²) in [6.45, 7) is 4.94. The summed E-state index contributed by atoms with van der Waals surface area (Å²) in [6, 6.07) is 6.50. The van der Waals surface area contributed by atoms with Crippen molar-refractivity contribution < 1.29 is 13.2 Å². The van der Waals surface area contributed by atoms with E-state index < -0.39 is 10.0 Å². The van der Waals surface area contributed by atoms with Crippen LogP contribution in [0.4, 0.5) is 5.69 Å². The molecule has 0 saturated heterocycles. The molecule has 0 radical (unpaired) electrons. The van der Waals surface area contributed by atoms with E-state index in [0.717, 1.165) is 25.5 Å². The van der Waals surface area contributed by atoms with Gasteiger partial charge in [-0.05, 0) is 30.5 Å². The van der Waals surface area contributed by atoms with Gasteiger partial charge < -0.3 is 5.32 Å². The molecule has 0 aliphatic heterocycles. The van der Waals surface area contributed by atoms with Gasteiger partial charge in [-0.1, -0.05) is 39.2 Å². The lowest BCUT2D eigenvalue weighted by Crippen LogP contribution is -2.29. The van der Waals surface area contributed by atoms with E-state index in [1.165, 1.54) is 6.42 Å². The van der Waals surface area contributed by atoms with Gasteiger partial charge in [-0.25, -0.2) is 8.42 Å². The largest absolute Gasteiger partial charge is 0.352 e. The van der Waals surface area contributed by atoms with Gasteiger partial charge in [0.1, 0.15) is 0 Å². The number of nitrogens with one attached hydrogen (secondary N) is 2. The first-order chi connectivity index (χ1) is 10.4. The highest BCUT2D eigenvalue weighted by atomic mass is 32.2. The van der Waals surface area contributed by atoms with E-state index in [9.17, 15) is 13.2 Å². The van der Waals surface area contributed by atoms with Crippen LogP contribution in [-0.2, 0) is 10.0 Å². The molecule has 1 atom stereocenters. The number of anilines is 1. The molecule has 1 aromatic rings. The number of unbranched alkanes of at least 4 members (excludes halogenated alkanes) is 1. The third kappa shape index (κ3) is 6.93. The minimum absolute atomic E-state index is 0.174. The lowest BCUT2D eigenvalue weighted by atomic mass is 9.99. The maximum Gasteiger partial charge on any atom is 0.251 e. The van der Waals surface area contributed by atoms with Gasteiger partial charge in [0, 0.05) is 17.8 Å². The van der Waals surface area contributed by atoms with Gasteiger partial charge >= 0.3 is 0 Å². The second-order valence-corrected chi connectivity index (χ2v) is 7.33. The summed E-state index contributed by atoms with van der Waals surface area (Å²) in [5.41, 5.74) is 0.854. The maximum atomic E-state index is 12.2. The Bertz CT molecular complexity index is 585. The van der Waals surface area contributed by atoms with E-state index >= 15 is 0 Å². The molecule has 0 heterocycles. The summed E-state index contributed by atoms with van der Waals surface area (Å²) >= 11 is 0. The van der Waals surface area contributed by atoms with Crippen molar-refractivity contribution in [2.45, 2.75) is 39.5 Å². The van der Waals surface area contributed by atoms with Gasteiger partial charge in [-0.3, -0.25) is 9.52 Å². The molecule has 0 aliphatic rings. The molecular formula is C16H26N2O3S. The Morgan fingerprint density at radius 3 is 2.59 bits per heavy atom. The zero-order chi connectivity index (χ0) is 16.6. The van der Waals surface area contributed by atoms with Crippen molar-refractivity contribution in [1.29, 1.82) is 0 Å². The van der Waals surface area contributed by atoms with E-state index in [2.05, 4.69) is 23.9 Å². The Labute approximate surface area is 133 Å². The van der Waals surface area contributed by atoms with Gasteiger partial charge in [0.05, 0.1) is 6.26 Å². The number of sulfonamides is 1. The zero-order valence-electron chi connectivity index (χ0n) is 13.6. The van der Waals surface area contributed by atoms with E-state index in [0.29, 0.717) is 23.7 Å². The smallest absolute Gasteiger partial charge is 0.251 e. The van der Waals surface area contributed by atoms with Crippen LogP contribution in [-0.4, -0.2) is 27.1 Å². The maximum absolute atomic E-state index is 12.2. The molecule has 6 heteroatoms. The highest BCUT2D eigenvalue weighted by molar-refractivity contribution is 7.92. The zero-order valence-corrected chi connectivity index (χ0v) is 14.4. The fourth-order valence-electron chi connectivity index (χ4n) is 2.22. The summed E-state index contributed by atoms with van der Waals surface area (Å²) in [4.78, 5) is 12.2. The van der Waals surface area contributed by atoms with E-state index in [4.69, 9.17) is 0 Å². The normalized spacial score (nSPS) is 12.7. The number of rotatable bonds is 9. The van der Waals surface area contributed by atoms with Gasteiger partial charge in [0.2, 0.25) is 10.0 Å². The Balaban J connectivity index is 2.63. The molecule has 0 spiro atoms. The van der Waals surface area contributed by atoms with Crippen molar-refractivity contribution in [3.05, 3.63) is 29.8 Å². The van der Waals surface area contributed by atoms with Gasteiger partial charge in [-0.15, -0.1) is 0 Å². The summed E-state index contributed by atoms with van der Waals surface area (Å²) in [6.07, 6.45) is 5.56. The monoisotopic (exact) mass is 326 g/mol. The Kier molecular flexibility index (Phi) is 7.38. The van der Waals surface area contributed by atoms with Crippen LogP contribution in [0.1, 0.15) is 49.9 Å². The minimum atomic E-state index is -3.34. The van der Waals surface area contributed by atoms with Crippen molar-refractivity contribution in [2.24, 2.45) is 5.92 Å². The third-order valence-electron chi connectivity index (χ3n) is 3.52. The van der Waals surface area contributed by atoms with Crippen molar-refractivity contribution in [1.82, 2.24) is 5.32 Å². The van der Waals surface area contributed by atoms with Gasteiger partial charge in [0.15, 0.2) is 0 Å². The Hall–Kier alpha value is -1.56. The first-order valence-corrected chi connectivity index (χ1v) is 9.61. The van der Waals surface area contributed by atoms with Crippen molar-refractivity contribution in [2.75, 3.05) is 17.5 Å². The molecule has 2 N–H and O–H groups in total. The summed E-state index contributed by atoms with van der Waals surface area (Å²) in [7, 11) is -3.34. The molecular weight excluding hydrogens is 300 g/mol. The van der Waals surface area contributed by atoms with Crippen LogP contribution in [0.2, 0.25) is 0 Å². The fourth-order valence-corrected chi connectivity index (χ4v) is 2.78. The van der Waals surface area contributed by atoms with Gasteiger partial charge in [-0.2, -0.15) is 0 Å². The predicted octanol–water partition coefficient (Wildman–Crippen LogP) is 3.00. The molecule has 22 heavy (non-hydrogen) atoms. The van der Waals surface area contributed by atoms with Crippen LogP contribution < -0.4 is 10.0 Å². The third-order valence-corrected chi connectivity index (χ3v) is 4.13. The highest BCUT2D eigenvalue weighted by Crippen LogP contribution is 2.14. The number of hydrogen-bond acceptors (Lipinski definition) is 3. The number of carbonyl (C=O) groups excluding carboxylic acids is 1. The highest BCUT2D eigenvalue weighted by Gasteiger charge is 2.11. The van der Waals surface area contributed by atoms with Crippen LogP contribution in [0, 0.1) is 5.92 Å². The number of amides is 1. The molecule has 1 unspecified atom stereocenters. The van der Waals surface area contributed by atoms with Crippen LogP contribution in [0.15, 0.2) is 24.3 Å². The summed E-state index contributed by atoms with van der Waals surface area (Å²) < 4.78 is 24.8. The fraction of sp³-hybridized carbons (Fsp3) is 0.562. The van der Waals surface area contributed by atoms with E-state index in [1.54, 1.807) is 24.3 Å². The lowest BCUT2D eigenvalue weighted by Gasteiger charge is -2.15. The molecule has 0 bridgehead atoms. The van der Waals surface area contributed by atoms with Crippen LogP contribution in [0.25, 0.3) is 0 Å². The molecule has 0 fully saturated rings. The minimum Gasteiger partial charge on any atom is -0.352 e. The molecule has 0 aliphatic carbocycles. The molecule has 0 aromatic heterocycles. The predicted molar refractivity (Wildman–Crippen MR) is 90.5 cm³/mol. The SMILES string of the molecule is CCCCC(CC)CNC(=O)c1cccc(NS(C)(=O)=O)c1. The van der Waals surface area contributed by atoms with Crippen molar-refractivity contribution in [3.8, 4) is 0 Å². The van der Waals surface area contributed by atoms with E-state index in [1.807, 2.05) is 0 Å². The quantitative estimate of drug-likeness (QED) is 0.732. The number of benzene rings is 1. The molecule has 5 nitrogen and oxygen atoms in total. The number of hydrogen-bond donors (Lipinski definition) is 2. The van der Waals surface area contributed by atoms with Gasteiger partial charge in [0.25, 0.3) is 5.91 Å². The Morgan fingerprint density at radius 1 is 1.27 bits per heavy atom. The summed E-state index contributed by atoms with van der Waals surface area (Å²) in [5, 5.41) is 2.93. The molecule has 0 saturated carbocycles. The average molecular weight is 326 g/mol. The molecule has 1 aromatic carbocycles. The second kappa shape index (κ2) is 8.78. The molecule has 1 rings (SSSR count). The lowest BCUT2D eigenvalue weighted by molar-refractivity contribution is 0.0946.